The number of carbonyl (C=O) groups excluding carboxylic acids is 2. The predicted molar refractivity (Wildman–Crippen MR) is 127 cm³/mol. The third kappa shape index (κ3) is 5.45. The monoisotopic (exact) mass is 484 g/mol. The number of nitrogens with zero attached hydrogens (tertiary/aromatic N) is 3. The molecule has 0 radical (unpaired) electrons. The van der Waals surface area contributed by atoms with Crippen molar-refractivity contribution in [2.75, 3.05) is 22.5 Å². The second-order valence-electron chi connectivity index (χ2n) is 7.80. The van der Waals surface area contributed by atoms with Gasteiger partial charge in [-0.05, 0) is 36.2 Å². The fourth-order valence-corrected chi connectivity index (χ4v) is 5.75. The van der Waals surface area contributed by atoms with Crippen molar-refractivity contribution in [1.29, 1.82) is 0 Å². The van der Waals surface area contributed by atoms with Crippen LogP contribution in [-0.4, -0.2) is 42.7 Å². The highest BCUT2D eigenvalue weighted by Crippen LogP contribution is 2.34. The zero-order valence-electron chi connectivity index (χ0n) is 18.1. The maximum absolute atomic E-state index is 12.5. The van der Waals surface area contributed by atoms with Gasteiger partial charge in [0.15, 0.2) is 9.84 Å². The molecule has 1 aromatic heterocycles. The summed E-state index contributed by atoms with van der Waals surface area (Å²) in [6.07, 6.45) is 1.08. The summed E-state index contributed by atoms with van der Waals surface area (Å²) in [6, 6.07) is 16.0. The van der Waals surface area contributed by atoms with Crippen molar-refractivity contribution >= 4 is 43.8 Å². The number of hydrogen-bond donors (Lipinski definition) is 1. The number of anilines is 2. The number of aryl methyl sites for hydroxylation is 1. The summed E-state index contributed by atoms with van der Waals surface area (Å²) in [5.74, 6) is -0.823. The molecule has 1 aliphatic heterocycles. The second kappa shape index (κ2) is 9.80. The molecule has 4 rings (SSSR count). The van der Waals surface area contributed by atoms with Crippen molar-refractivity contribution in [1.82, 2.24) is 10.2 Å². The number of sulfone groups is 1. The Morgan fingerprint density at radius 3 is 2.55 bits per heavy atom. The molecule has 0 saturated carbocycles. The quantitative estimate of drug-likeness (QED) is 0.525. The van der Waals surface area contributed by atoms with Gasteiger partial charge in [-0.3, -0.25) is 9.59 Å². The molecular weight excluding hydrogens is 460 g/mol. The van der Waals surface area contributed by atoms with Crippen LogP contribution in [0.1, 0.15) is 36.3 Å². The minimum atomic E-state index is -3.54. The molecule has 2 aromatic carbocycles. The average molecular weight is 485 g/mol. The molecule has 1 saturated heterocycles. The van der Waals surface area contributed by atoms with Crippen LogP contribution in [0.4, 0.5) is 10.8 Å². The summed E-state index contributed by atoms with van der Waals surface area (Å²) in [5, 5.41) is 11.7. The van der Waals surface area contributed by atoms with Gasteiger partial charge in [-0.2, -0.15) is 0 Å². The minimum Gasteiger partial charge on any atom is -0.312 e. The highest BCUT2D eigenvalue weighted by Gasteiger charge is 2.34. The zero-order valence-corrected chi connectivity index (χ0v) is 19.7. The summed E-state index contributed by atoms with van der Waals surface area (Å²) in [5.41, 5.74) is 2.07. The molecule has 2 amide bonds. The first kappa shape index (κ1) is 23.1. The number of aromatic nitrogens is 2. The van der Waals surface area contributed by atoms with Gasteiger partial charge >= 0.3 is 0 Å². The standard InChI is InChI=1S/C23H24N4O4S2/c1-2-16-8-10-18(11-9-16)27-15-17(14-21(27)29)22-25-26-23(32-22)24-20(28)12-13-33(30,31)19-6-4-3-5-7-19/h3-11,17H,2,12-15H2,1H3,(H,24,26,28)/t17-/m1/s1. The van der Waals surface area contributed by atoms with Gasteiger partial charge in [0.2, 0.25) is 16.9 Å². The maximum atomic E-state index is 12.5. The van der Waals surface area contributed by atoms with E-state index >= 15 is 0 Å². The number of carbonyl (C=O) groups is 2. The summed E-state index contributed by atoms with van der Waals surface area (Å²) in [4.78, 5) is 26.8. The van der Waals surface area contributed by atoms with Gasteiger partial charge in [-0.1, -0.05) is 48.6 Å². The lowest BCUT2D eigenvalue weighted by atomic mass is 10.1. The van der Waals surface area contributed by atoms with Crippen molar-refractivity contribution in [2.45, 2.75) is 37.0 Å². The number of benzene rings is 2. The third-order valence-electron chi connectivity index (χ3n) is 5.52. The van der Waals surface area contributed by atoms with Crippen LogP contribution < -0.4 is 10.2 Å². The molecule has 0 spiro atoms. The van der Waals surface area contributed by atoms with Crippen LogP contribution in [0.25, 0.3) is 0 Å². The zero-order chi connectivity index (χ0) is 23.4. The lowest BCUT2D eigenvalue weighted by Gasteiger charge is -2.16. The van der Waals surface area contributed by atoms with E-state index in [4.69, 9.17) is 0 Å². The summed E-state index contributed by atoms with van der Waals surface area (Å²) >= 11 is 1.21. The number of rotatable bonds is 8. The first-order valence-corrected chi connectivity index (χ1v) is 13.1. The summed E-state index contributed by atoms with van der Waals surface area (Å²) < 4.78 is 24.7. The van der Waals surface area contributed by atoms with E-state index in [2.05, 4.69) is 22.4 Å². The Morgan fingerprint density at radius 1 is 1.12 bits per heavy atom. The second-order valence-corrected chi connectivity index (χ2v) is 10.9. The molecule has 3 aromatic rings. The predicted octanol–water partition coefficient (Wildman–Crippen LogP) is 3.42. The molecule has 1 aliphatic rings. The van der Waals surface area contributed by atoms with Gasteiger partial charge < -0.3 is 10.2 Å². The normalized spacial score (nSPS) is 16.2. The molecule has 1 atom stereocenters. The third-order valence-corrected chi connectivity index (χ3v) is 8.25. The maximum Gasteiger partial charge on any atom is 0.227 e. The molecule has 10 heteroatoms. The molecule has 8 nitrogen and oxygen atoms in total. The topological polar surface area (TPSA) is 109 Å². The van der Waals surface area contributed by atoms with Crippen LogP contribution in [0.5, 0.6) is 0 Å². The van der Waals surface area contributed by atoms with E-state index < -0.39 is 15.7 Å². The van der Waals surface area contributed by atoms with E-state index in [-0.39, 0.29) is 28.9 Å². The Kier molecular flexibility index (Phi) is 6.85. The van der Waals surface area contributed by atoms with Gasteiger partial charge in [0.25, 0.3) is 0 Å². The van der Waals surface area contributed by atoms with Crippen molar-refractivity contribution in [3.05, 3.63) is 65.2 Å². The molecule has 0 bridgehead atoms. The fourth-order valence-electron chi connectivity index (χ4n) is 3.64. The lowest BCUT2D eigenvalue weighted by Crippen LogP contribution is -2.24. The lowest BCUT2D eigenvalue weighted by molar-refractivity contribution is -0.117. The summed E-state index contributed by atoms with van der Waals surface area (Å²) in [7, 11) is -3.54. The van der Waals surface area contributed by atoms with E-state index in [0.717, 1.165) is 12.1 Å². The number of hydrogen-bond acceptors (Lipinski definition) is 7. The van der Waals surface area contributed by atoms with Crippen LogP contribution in [0.2, 0.25) is 0 Å². The number of nitrogens with one attached hydrogen (secondary N) is 1. The molecule has 0 aliphatic carbocycles. The highest BCUT2D eigenvalue weighted by molar-refractivity contribution is 7.91. The van der Waals surface area contributed by atoms with Gasteiger partial charge in [0, 0.05) is 31.0 Å². The fraction of sp³-hybridized carbons (Fsp3) is 0.304. The van der Waals surface area contributed by atoms with E-state index in [0.29, 0.717) is 23.1 Å². The molecule has 2 heterocycles. The van der Waals surface area contributed by atoms with E-state index in [9.17, 15) is 18.0 Å². The molecule has 172 valence electrons. The van der Waals surface area contributed by atoms with E-state index in [1.807, 2.05) is 24.3 Å². The molecule has 1 N–H and O–H groups in total. The van der Waals surface area contributed by atoms with Crippen LogP contribution in [0, 0.1) is 0 Å². The Balaban J connectivity index is 1.34. The SMILES string of the molecule is CCc1ccc(N2C[C@H](c3nnc(NC(=O)CCS(=O)(=O)c4ccccc4)s3)CC2=O)cc1. The molecular formula is C23H24N4O4S2. The largest absolute Gasteiger partial charge is 0.312 e. The highest BCUT2D eigenvalue weighted by atomic mass is 32.2. The van der Waals surface area contributed by atoms with Crippen LogP contribution in [0.15, 0.2) is 59.5 Å². The first-order valence-electron chi connectivity index (χ1n) is 10.7. The Labute approximate surface area is 196 Å². The van der Waals surface area contributed by atoms with Crippen LogP contribution >= 0.6 is 11.3 Å². The van der Waals surface area contributed by atoms with Gasteiger partial charge in [0.05, 0.1) is 10.6 Å². The van der Waals surface area contributed by atoms with Gasteiger partial charge in [-0.15, -0.1) is 10.2 Å². The van der Waals surface area contributed by atoms with Crippen molar-refractivity contribution < 1.29 is 18.0 Å². The Bertz CT molecular complexity index is 1240. The first-order chi connectivity index (χ1) is 15.9. The smallest absolute Gasteiger partial charge is 0.227 e. The van der Waals surface area contributed by atoms with Crippen LogP contribution in [-0.2, 0) is 25.8 Å². The van der Waals surface area contributed by atoms with Crippen LogP contribution in [0.3, 0.4) is 0 Å². The molecule has 33 heavy (non-hydrogen) atoms. The minimum absolute atomic E-state index is 0.0242. The van der Waals surface area contributed by atoms with Gasteiger partial charge in [-0.25, -0.2) is 8.42 Å². The van der Waals surface area contributed by atoms with E-state index in [1.54, 1.807) is 23.1 Å². The average Bonchev–Trinajstić information content (AvgIpc) is 3.45. The molecule has 1 fully saturated rings. The van der Waals surface area contributed by atoms with Crippen molar-refractivity contribution in [2.24, 2.45) is 0 Å². The summed E-state index contributed by atoms with van der Waals surface area (Å²) in [6.45, 7) is 2.59. The Hall–Kier alpha value is -3.11. The number of amides is 2. The Morgan fingerprint density at radius 2 is 1.85 bits per heavy atom. The van der Waals surface area contributed by atoms with Crippen molar-refractivity contribution in [3.63, 3.8) is 0 Å². The van der Waals surface area contributed by atoms with Crippen molar-refractivity contribution in [3.8, 4) is 0 Å². The van der Waals surface area contributed by atoms with E-state index in [1.165, 1.54) is 29.0 Å². The van der Waals surface area contributed by atoms with Gasteiger partial charge in [0.1, 0.15) is 5.01 Å². The molecule has 0 unspecified atom stereocenters.